The van der Waals surface area contributed by atoms with E-state index in [1.807, 2.05) is 6.92 Å². The molecule has 1 aromatic carbocycles. The van der Waals surface area contributed by atoms with Gasteiger partial charge in [-0.3, -0.25) is 4.79 Å². The molecule has 0 aliphatic carbocycles. The number of aliphatic carboxylic acids is 1. The fourth-order valence-electron chi connectivity index (χ4n) is 1.73. The summed E-state index contributed by atoms with van der Waals surface area (Å²) in [6.07, 6.45) is 5.41. The summed E-state index contributed by atoms with van der Waals surface area (Å²) in [5, 5.41) is 18.6. The molecule has 1 aromatic heterocycles. The molecular formula is C15H13N3O3. The third kappa shape index (κ3) is 3.97. The highest BCUT2D eigenvalue weighted by Gasteiger charge is 2.06. The maximum atomic E-state index is 12.0. The Bertz CT molecular complexity index is 697. The van der Waals surface area contributed by atoms with Crippen LogP contribution in [-0.4, -0.2) is 27.2 Å². The Balaban J connectivity index is 2.14. The minimum atomic E-state index is -1.00. The number of carbonyl (C=O) groups is 2. The van der Waals surface area contributed by atoms with Gasteiger partial charge in [-0.1, -0.05) is 6.07 Å². The number of aromatic nitrogens is 2. The van der Waals surface area contributed by atoms with E-state index in [4.69, 9.17) is 5.11 Å². The van der Waals surface area contributed by atoms with E-state index in [1.54, 1.807) is 24.3 Å². The van der Waals surface area contributed by atoms with Crippen molar-refractivity contribution >= 4 is 23.6 Å². The number of hydrogen-bond acceptors (Lipinski definition) is 4. The summed E-state index contributed by atoms with van der Waals surface area (Å²) in [5.41, 5.74) is 2.68. The second-order valence-corrected chi connectivity index (χ2v) is 4.33. The normalized spacial score (nSPS) is 10.5. The van der Waals surface area contributed by atoms with E-state index < -0.39 is 5.97 Å². The molecule has 1 heterocycles. The van der Waals surface area contributed by atoms with Crippen molar-refractivity contribution in [3.63, 3.8) is 0 Å². The summed E-state index contributed by atoms with van der Waals surface area (Å²) in [6, 6.07) is 6.80. The van der Waals surface area contributed by atoms with Crippen LogP contribution in [0.5, 0.6) is 0 Å². The first-order valence-electron chi connectivity index (χ1n) is 6.16. The average molecular weight is 283 g/mol. The summed E-state index contributed by atoms with van der Waals surface area (Å²) in [7, 11) is 0. The van der Waals surface area contributed by atoms with E-state index in [0.29, 0.717) is 11.3 Å². The van der Waals surface area contributed by atoms with Crippen LogP contribution in [0.15, 0.2) is 42.7 Å². The number of rotatable bonds is 4. The van der Waals surface area contributed by atoms with Crippen LogP contribution >= 0.6 is 0 Å². The minimum Gasteiger partial charge on any atom is -0.478 e. The van der Waals surface area contributed by atoms with Crippen molar-refractivity contribution in [1.82, 2.24) is 10.2 Å². The Hall–Kier alpha value is -3.02. The second kappa shape index (κ2) is 6.42. The minimum absolute atomic E-state index is 0.280. The van der Waals surface area contributed by atoms with Crippen LogP contribution < -0.4 is 5.32 Å². The number of anilines is 1. The Morgan fingerprint density at radius 1 is 1.24 bits per heavy atom. The molecule has 0 unspecified atom stereocenters. The van der Waals surface area contributed by atoms with Crippen LogP contribution in [0.3, 0.4) is 0 Å². The van der Waals surface area contributed by atoms with Gasteiger partial charge in [0, 0.05) is 11.8 Å². The lowest BCUT2D eigenvalue weighted by Crippen LogP contribution is -2.12. The highest BCUT2D eigenvalue weighted by Crippen LogP contribution is 2.17. The fourth-order valence-corrected chi connectivity index (χ4v) is 1.73. The largest absolute Gasteiger partial charge is 0.478 e. The monoisotopic (exact) mass is 283 g/mol. The lowest BCUT2D eigenvalue weighted by atomic mass is 10.1. The molecule has 0 atom stereocenters. The summed E-state index contributed by atoms with van der Waals surface area (Å²) in [5.74, 6) is -1.28. The molecule has 106 valence electrons. The molecule has 21 heavy (non-hydrogen) atoms. The van der Waals surface area contributed by atoms with Gasteiger partial charge in [-0.05, 0) is 42.3 Å². The lowest BCUT2D eigenvalue weighted by molar-refractivity contribution is -0.131. The topological polar surface area (TPSA) is 92.2 Å². The van der Waals surface area contributed by atoms with E-state index in [-0.39, 0.29) is 5.91 Å². The maximum absolute atomic E-state index is 12.0. The van der Waals surface area contributed by atoms with Crippen molar-refractivity contribution < 1.29 is 14.7 Å². The zero-order valence-corrected chi connectivity index (χ0v) is 11.3. The Morgan fingerprint density at radius 2 is 2.05 bits per heavy atom. The van der Waals surface area contributed by atoms with Gasteiger partial charge in [0.25, 0.3) is 5.91 Å². The zero-order chi connectivity index (χ0) is 15.2. The van der Waals surface area contributed by atoms with Gasteiger partial charge in [-0.15, -0.1) is 0 Å². The molecule has 0 saturated heterocycles. The number of aryl methyl sites for hydroxylation is 1. The molecule has 0 fully saturated rings. The number of amides is 1. The molecule has 2 aromatic rings. The lowest BCUT2D eigenvalue weighted by Gasteiger charge is -2.07. The molecule has 2 N–H and O–H groups in total. The SMILES string of the molecule is Cc1cc(NC(=O)c2ccnnc2)ccc1/C=C/C(=O)O. The van der Waals surface area contributed by atoms with Gasteiger partial charge in [0.2, 0.25) is 0 Å². The van der Waals surface area contributed by atoms with Gasteiger partial charge in [0.05, 0.1) is 18.0 Å². The molecule has 0 radical (unpaired) electrons. The van der Waals surface area contributed by atoms with Gasteiger partial charge >= 0.3 is 5.97 Å². The van der Waals surface area contributed by atoms with Crippen molar-refractivity contribution in [3.8, 4) is 0 Å². The predicted octanol–water partition coefficient (Wildman–Crippen LogP) is 2.14. The van der Waals surface area contributed by atoms with Gasteiger partial charge in [-0.25, -0.2) is 4.79 Å². The maximum Gasteiger partial charge on any atom is 0.328 e. The molecule has 1 amide bonds. The standard InChI is InChI=1S/C15H13N3O3/c1-10-8-13(4-2-11(10)3-5-14(19)20)18-15(21)12-6-7-16-17-9-12/h2-9H,1H3,(H,18,21)(H,19,20)/b5-3+. The van der Waals surface area contributed by atoms with Crippen LogP contribution in [0.2, 0.25) is 0 Å². The molecule has 6 nitrogen and oxygen atoms in total. The molecule has 6 heteroatoms. The van der Waals surface area contributed by atoms with Gasteiger partial charge < -0.3 is 10.4 Å². The van der Waals surface area contributed by atoms with Crippen LogP contribution in [0.4, 0.5) is 5.69 Å². The third-order valence-corrected chi connectivity index (χ3v) is 2.78. The number of carboxylic acid groups (broad SMARTS) is 1. The highest BCUT2D eigenvalue weighted by molar-refractivity contribution is 6.04. The molecule has 0 aliphatic rings. The van der Waals surface area contributed by atoms with E-state index in [2.05, 4.69) is 15.5 Å². The molecule has 0 aliphatic heterocycles. The molecular weight excluding hydrogens is 270 g/mol. The quantitative estimate of drug-likeness (QED) is 0.839. The van der Waals surface area contributed by atoms with E-state index in [0.717, 1.165) is 17.2 Å². The second-order valence-electron chi connectivity index (χ2n) is 4.33. The summed E-state index contributed by atoms with van der Waals surface area (Å²) in [4.78, 5) is 22.5. The molecule has 0 bridgehead atoms. The van der Waals surface area contributed by atoms with Crippen LogP contribution in [-0.2, 0) is 4.79 Å². The van der Waals surface area contributed by atoms with E-state index >= 15 is 0 Å². The summed E-state index contributed by atoms with van der Waals surface area (Å²) >= 11 is 0. The number of carbonyl (C=O) groups excluding carboxylic acids is 1. The molecule has 0 saturated carbocycles. The van der Waals surface area contributed by atoms with Gasteiger partial charge in [-0.2, -0.15) is 10.2 Å². The average Bonchev–Trinajstić information content (AvgIpc) is 2.47. The number of benzene rings is 1. The van der Waals surface area contributed by atoms with Crippen molar-refractivity contribution in [2.24, 2.45) is 0 Å². The smallest absolute Gasteiger partial charge is 0.328 e. The van der Waals surface area contributed by atoms with Crippen molar-refractivity contribution in [1.29, 1.82) is 0 Å². The highest BCUT2D eigenvalue weighted by atomic mass is 16.4. The Labute approximate surface area is 121 Å². The molecule has 2 rings (SSSR count). The third-order valence-electron chi connectivity index (χ3n) is 2.78. The first-order chi connectivity index (χ1) is 10.1. The first-order valence-corrected chi connectivity index (χ1v) is 6.16. The van der Waals surface area contributed by atoms with Crippen LogP contribution in [0.1, 0.15) is 21.5 Å². The van der Waals surface area contributed by atoms with Crippen molar-refractivity contribution in [2.45, 2.75) is 6.92 Å². The predicted molar refractivity (Wildman–Crippen MR) is 77.8 cm³/mol. The molecule has 0 spiro atoms. The Morgan fingerprint density at radius 3 is 2.67 bits per heavy atom. The number of hydrogen-bond donors (Lipinski definition) is 2. The van der Waals surface area contributed by atoms with Gasteiger partial charge in [0.15, 0.2) is 0 Å². The summed E-state index contributed by atoms with van der Waals surface area (Å²) < 4.78 is 0. The van der Waals surface area contributed by atoms with Crippen molar-refractivity contribution in [3.05, 3.63) is 59.4 Å². The number of carboxylic acids is 1. The van der Waals surface area contributed by atoms with E-state index in [9.17, 15) is 9.59 Å². The zero-order valence-electron chi connectivity index (χ0n) is 11.3. The fraction of sp³-hybridized carbons (Fsp3) is 0.0667. The summed E-state index contributed by atoms with van der Waals surface area (Å²) in [6.45, 7) is 1.84. The first kappa shape index (κ1) is 14.4. The number of nitrogens with one attached hydrogen (secondary N) is 1. The Kier molecular flexibility index (Phi) is 4.40. The van der Waals surface area contributed by atoms with Crippen LogP contribution in [0.25, 0.3) is 6.08 Å². The van der Waals surface area contributed by atoms with Crippen LogP contribution in [0, 0.1) is 6.92 Å². The number of nitrogens with zero attached hydrogens (tertiary/aromatic N) is 2. The van der Waals surface area contributed by atoms with Crippen molar-refractivity contribution in [2.75, 3.05) is 5.32 Å². The van der Waals surface area contributed by atoms with Gasteiger partial charge in [0.1, 0.15) is 0 Å². The van der Waals surface area contributed by atoms with E-state index in [1.165, 1.54) is 18.5 Å².